The van der Waals surface area contributed by atoms with E-state index < -0.39 is 0 Å². The van der Waals surface area contributed by atoms with Gasteiger partial charge in [-0.25, -0.2) is 14.4 Å². The van der Waals surface area contributed by atoms with E-state index in [9.17, 15) is 0 Å². The second kappa shape index (κ2) is 11.0. The van der Waals surface area contributed by atoms with Gasteiger partial charge in [0.2, 0.25) is 0 Å². The average molecular weight is 600 g/mol. The van der Waals surface area contributed by atoms with Crippen molar-refractivity contribution in [2.75, 3.05) is 38.3 Å². The summed E-state index contributed by atoms with van der Waals surface area (Å²) >= 11 is 6.97. The Bertz CT molecular complexity index is 1680. The largest absolute Gasteiger partial charge is 0.383 e. The monoisotopic (exact) mass is 599 g/mol. The van der Waals surface area contributed by atoms with Crippen molar-refractivity contribution in [1.82, 2.24) is 20.2 Å². The van der Waals surface area contributed by atoms with Crippen LogP contribution < -0.4 is 10.2 Å². The van der Waals surface area contributed by atoms with E-state index in [1.807, 2.05) is 36.4 Å². The van der Waals surface area contributed by atoms with E-state index >= 15 is 4.39 Å². The molecule has 43 heavy (non-hydrogen) atoms. The van der Waals surface area contributed by atoms with Crippen molar-refractivity contribution >= 4 is 39.1 Å². The number of aryl methyl sites for hydroxylation is 1. The molecule has 0 spiro atoms. The summed E-state index contributed by atoms with van der Waals surface area (Å²) in [7, 11) is 1.80. The van der Waals surface area contributed by atoms with Gasteiger partial charge >= 0.3 is 0 Å². The molecule has 3 aromatic carbocycles. The van der Waals surface area contributed by atoms with Crippen molar-refractivity contribution < 1.29 is 9.13 Å². The number of ether oxygens (including phenoxy) is 1. The topological polar surface area (TPSA) is 53.5 Å². The van der Waals surface area contributed by atoms with Crippen LogP contribution in [0.1, 0.15) is 50.8 Å². The highest BCUT2D eigenvalue weighted by Crippen LogP contribution is 2.46. The fraction of sp³-hybridized carbons (Fsp3) is 0.486. The number of aromatic nitrogens is 2. The highest BCUT2D eigenvalue weighted by molar-refractivity contribution is 6.35. The van der Waals surface area contributed by atoms with Crippen LogP contribution in [0, 0.1) is 5.82 Å². The molecule has 2 bridgehead atoms. The molecule has 4 aliphatic rings. The molecule has 1 N–H and O–H groups in total. The zero-order valence-electron chi connectivity index (χ0n) is 24.8. The summed E-state index contributed by atoms with van der Waals surface area (Å²) in [4.78, 5) is 15.2. The fourth-order valence-electron chi connectivity index (χ4n) is 8.73. The van der Waals surface area contributed by atoms with Gasteiger partial charge in [-0.1, -0.05) is 54.1 Å². The third-order valence-electron chi connectivity index (χ3n) is 10.7. The minimum Gasteiger partial charge on any atom is -0.383 e. The lowest BCUT2D eigenvalue weighted by Crippen LogP contribution is -2.51. The van der Waals surface area contributed by atoms with Gasteiger partial charge in [-0.3, -0.25) is 4.90 Å². The van der Waals surface area contributed by atoms with Crippen LogP contribution in [0.5, 0.6) is 0 Å². The molecule has 6 nitrogen and oxygen atoms in total. The number of benzene rings is 3. The molecule has 8 heteroatoms. The van der Waals surface area contributed by atoms with E-state index in [4.69, 9.17) is 26.3 Å². The van der Waals surface area contributed by atoms with E-state index in [2.05, 4.69) is 27.2 Å². The first-order chi connectivity index (χ1) is 21.0. The van der Waals surface area contributed by atoms with Gasteiger partial charge in [0.1, 0.15) is 17.2 Å². The van der Waals surface area contributed by atoms with Gasteiger partial charge in [-0.05, 0) is 73.9 Å². The van der Waals surface area contributed by atoms with E-state index in [-0.39, 0.29) is 11.4 Å². The van der Waals surface area contributed by atoms with Crippen LogP contribution >= 0.6 is 11.6 Å². The van der Waals surface area contributed by atoms with Crippen molar-refractivity contribution in [1.29, 1.82) is 0 Å². The number of halogens is 2. The quantitative estimate of drug-likeness (QED) is 0.253. The number of anilines is 1. The molecule has 4 atom stereocenters. The van der Waals surface area contributed by atoms with Crippen LogP contribution in [-0.2, 0) is 11.2 Å². The highest BCUT2D eigenvalue weighted by Gasteiger charge is 2.48. The third-order valence-corrected chi connectivity index (χ3v) is 11.0. The Labute approximate surface area is 257 Å². The SMILES string of the molecule is COCC1CCC2(CCc3nc(N4CC5CCC(C4)N5)c4cc(Cl)c(-c5cccc6ccccc56)c(F)c4n3)CCCN12. The first-order valence-electron chi connectivity index (χ1n) is 16.0. The lowest BCUT2D eigenvalue weighted by Gasteiger charge is -2.36. The number of piperazine rings is 1. The highest BCUT2D eigenvalue weighted by atomic mass is 35.5. The van der Waals surface area contributed by atoms with Crippen molar-refractivity contribution in [3.8, 4) is 11.1 Å². The lowest BCUT2D eigenvalue weighted by molar-refractivity contribution is 0.0774. The van der Waals surface area contributed by atoms with Crippen molar-refractivity contribution in [2.24, 2.45) is 0 Å². The Hall–Kier alpha value is -2.84. The van der Waals surface area contributed by atoms with E-state index in [0.29, 0.717) is 39.6 Å². The van der Waals surface area contributed by atoms with Crippen molar-refractivity contribution in [3.63, 3.8) is 0 Å². The molecule has 5 heterocycles. The zero-order valence-corrected chi connectivity index (χ0v) is 25.5. The van der Waals surface area contributed by atoms with Gasteiger partial charge in [0.15, 0.2) is 5.82 Å². The van der Waals surface area contributed by atoms with Crippen LogP contribution in [0.4, 0.5) is 10.2 Å². The predicted molar refractivity (Wildman–Crippen MR) is 171 cm³/mol. The molecule has 0 saturated carbocycles. The normalized spacial score (nSPS) is 27.0. The minimum atomic E-state index is -0.358. The lowest BCUT2D eigenvalue weighted by atomic mass is 9.88. The van der Waals surface area contributed by atoms with E-state index in [0.717, 1.165) is 67.1 Å². The predicted octanol–water partition coefficient (Wildman–Crippen LogP) is 6.76. The molecule has 8 rings (SSSR count). The number of nitrogens with one attached hydrogen (secondary N) is 1. The second-order valence-corrected chi connectivity index (χ2v) is 13.6. The Balaban J connectivity index is 1.23. The Morgan fingerprint density at radius 2 is 1.84 bits per heavy atom. The number of fused-ring (bicyclic) bond motifs is 5. The maximum Gasteiger partial charge on any atom is 0.158 e. The average Bonchev–Trinajstić information content (AvgIpc) is 3.69. The Morgan fingerprint density at radius 1 is 1.02 bits per heavy atom. The molecule has 0 aliphatic carbocycles. The number of hydrogen-bond acceptors (Lipinski definition) is 6. The summed E-state index contributed by atoms with van der Waals surface area (Å²) in [5.41, 5.74) is 1.76. The summed E-state index contributed by atoms with van der Waals surface area (Å²) < 4.78 is 22.5. The molecular formula is C35H39ClFN5O. The van der Waals surface area contributed by atoms with Crippen LogP contribution in [0.25, 0.3) is 32.8 Å². The van der Waals surface area contributed by atoms with Gasteiger partial charge in [-0.15, -0.1) is 0 Å². The van der Waals surface area contributed by atoms with E-state index in [1.54, 1.807) is 7.11 Å². The molecule has 4 fully saturated rings. The third kappa shape index (κ3) is 4.71. The van der Waals surface area contributed by atoms with Crippen LogP contribution in [0.15, 0.2) is 48.5 Å². The minimum absolute atomic E-state index is 0.169. The summed E-state index contributed by atoms with van der Waals surface area (Å²) in [6, 6.07) is 17.3. The fourth-order valence-corrected chi connectivity index (χ4v) is 9.02. The molecule has 4 aliphatic heterocycles. The van der Waals surface area contributed by atoms with Gasteiger partial charge in [0, 0.05) is 61.2 Å². The number of nitrogens with zero attached hydrogens (tertiary/aromatic N) is 4. The van der Waals surface area contributed by atoms with Crippen LogP contribution in [0.3, 0.4) is 0 Å². The molecule has 4 saturated heterocycles. The molecule has 4 unspecified atom stereocenters. The molecule has 4 aromatic rings. The Morgan fingerprint density at radius 3 is 2.67 bits per heavy atom. The van der Waals surface area contributed by atoms with Gasteiger partial charge in [0.25, 0.3) is 0 Å². The number of rotatable bonds is 7. The van der Waals surface area contributed by atoms with Gasteiger partial charge < -0.3 is 15.0 Å². The summed E-state index contributed by atoms with van der Waals surface area (Å²) in [5, 5.41) is 6.86. The standard InChI is InChI=1S/C35H39ClFN5O/c1-43-21-25-12-15-35(14-5-17-42(25)35)16-13-30-39-33-28(34(40-30)41-19-23-10-11-24(20-41)38-23)18-29(36)31(32(33)37)27-9-4-7-22-6-2-3-8-26(22)27/h2-4,6-9,18,23-25,38H,5,10-17,19-21H2,1H3. The van der Waals surface area contributed by atoms with Gasteiger partial charge in [-0.2, -0.15) is 0 Å². The number of methoxy groups -OCH3 is 1. The molecule has 1 aromatic heterocycles. The van der Waals surface area contributed by atoms with Crippen molar-refractivity contribution in [2.45, 2.75) is 75.0 Å². The summed E-state index contributed by atoms with van der Waals surface area (Å²) in [6.07, 6.45) is 8.80. The summed E-state index contributed by atoms with van der Waals surface area (Å²) in [5.74, 6) is 1.20. The molecule has 224 valence electrons. The smallest absolute Gasteiger partial charge is 0.158 e. The Kier molecular flexibility index (Phi) is 7.05. The first kappa shape index (κ1) is 27.7. The first-order valence-corrected chi connectivity index (χ1v) is 16.3. The number of hydrogen-bond donors (Lipinski definition) is 1. The van der Waals surface area contributed by atoms with Crippen LogP contribution in [0.2, 0.25) is 5.02 Å². The summed E-state index contributed by atoms with van der Waals surface area (Å²) in [6.45, 7) is 3.64. The van der Waals surface area contributed by atoms with E-state index in [1.165, 1.54) is 38.5 Å². The maximum atomic E-state index is 16.9. The zero-order chi connectivity index (χ0) is 29.1. The van der Waals surface area contributed by atoms with Gasteiger partial charge in [0.05, 0.1) is 11.6 Å². The molecular weight excluding hydrogens is 561 g/mol. The van der Waals surface area contributed by atoms with Crippen molar-refractivity contribution in [3.05, 3.63) is 65.2 Å². The molecule has 0 amide bonds. The molecule has 0 radical (unpaired) electrons. The second-order valence-electron chi connectivity index (χ2n) is 13.1. The maximum absolute atomic E-state index is 16.9. The van der Waals surface area contributed by atoms with Crippen LogP contribution in [-0.4, -0.2) is 71.9 Å².